The molecule has 17 heavy (non-hydrogen) atoms. The maximum atomic E-state index is 5.35. The zero-order chi connectivity index (χ0) is 11.9. The van der Waals surface area contributed by atoms with Crippen LogP contribution in [0.4, 0.5) is 0 Å². The lowest BCUT2D eigenvalue weighted by Crippen LogP contribution is -2.43. The van der Waals surface area contributed by atoms with Crippen molar-refractivity contribution in [3.8, 4) is 0 Å². The van der Waals surface area contributed by atoms with Gasteiger partial charge in [0.1, 0.15) is 0 Å². The minimum atomic E-state index is 0.782. The highest BCUT2D eigenvalue weighted by molar-refractivity contribution is 4.80. The summed E-state index contributed by atoms with van der Waals surface area (Å²) < 4.78 is 5.35. The van der Waals surface area contributed by atoms with Crippen LogP contribution in [0.25, 0.3) is 0 Å². The van der Waals surface area contributed by atoms with Crippen LogP contribution in [0.1, 0.15) is 19.8 Å². The van der Waals surface area contributed by atoms with Gasteiger partial charge < -0.3 is 10.1 Å². The predicted octanol–water partition coefficient (Wildman–Crippen LogP) is 0.393. The van der Waals surface area contributed by atoms with E-state index in [2.05, 4.69) is 22.0 Å². The van der Waals surface area contributed by atoms with Crippen LogP contribution in [0.2, 0.25) is 0 Å². The molecule has 0 spiro atoms. The summed E-state index contributed by atoms with van der Waals surface area (Å²) >= 11 is 0. The number of nitrogens with zero attached hydrogens (tertiary/aromatic N) is 2. The minimum absolute atomic E-state index is 0.782. The molecule has 1 N–H and O–H groups in total. The van der Waals surface area contributed by atoms with Crippen LogP contribution in [0.3, 0.4) is 0 Å². The monoisotopic (exact) mass is 241 g/mol. The molecule has 2 aliphatic rings. The van der Waals surface area contributed by atoms with E-state index in [1.165, 1.54) is 32.5 Å². The molecule has 2 saturated heterocycles. The molecule has 0 aromatic heterocycles. The smallest absolute Gasteiger partial charge is 0.0594 e. The Morgan fingerprint density at radius 2 is 2.06 bits per heavy atom. The van der Waals surface area contributed by atoms with Gasteiger partial charge in [-0.15, -0.1) is 0 Å². The molecule has 0 radical (unpaired) electrons. The molecule has 0 amide bonds. The molecule has 0 aliphatic carbocycles. The summed E-state index contributed by atoms with van der Waals surface area (Å²) in [6, 6.07) is 0.782. The van der Waals surface area contributed by atoms with Gasteiger partial charge in [-0.25, -0.2) is 0 Å². The van der Waals surface area contributed by atoms with E-state index in [1.807, 2.05) is 0 Å². The third kappa shape index (κ3) is 4.21. The van der Waals surface area contributed by atoms with E-state index < -0.39 is 0 Å². The van der Waals surface area contributed by atoms with Gasteiger partial charge in [-0.2, -0.15) is 0 Å². The maximum Gasteiger partial charge on any atom is 0.0594 e. The molecular weight excluding hydrogens is 214 g/mol. The largest absolute Gasteiger partial charge is 0.379 e. The van der Waals surface area contributed by atoms with Crippen molar-refractivity contribution >= 4 is 0 Å². The highest BCUT2D eigenvalue weighted by Gasteiger charge is 2.22. The number of rotatable bonds is 6. The normalized spacial score (nSPS) is 27.7. The SMILES string of the molecule is CCN1CCCC1CNCCN1CCOCC1. The topological polar surface area (TPSA) is 27.7 Å². The number of ether oxygens (including phenoxy) is 1. The maximum absolute atomic E-state index is 5.35. The number of nitrogens with one attached hydrogen (secondary N) is 1. The number of likely N-dealkylation sites (tertiary alicyclic amines) is 1. The lowest BCUT2D eigenvalue weighted by Gasteiger charge is -2.27. The van der Waals surface area contributed by atoms with E-state index in [9.17, 15) is 0 Å². The fourth-order valence-corrected chi connectivity index (χ4v) is 2.87. The Morgan fingerprint density at radius 1 is 1.24 bits per heavy atom. The summed E-state index contributed by atoms with van der Waals surface area (Å²) in [5.41, 5.74) is 0. The fraction of sp³-hybridized carbons (Fsp3) is 1.00. The first kappa shape index (κ1) is 13.3. The lowest BCUT2D eigenvalue weighted by molar-refractivity contribution is 0.0383. The number of hydrogen-bond acceptors (Lipinski definition) is 4. The highest BCUT2D eigenvalue weighted by atomic mass is 16.5. The van der Waals surface area contributed by atoms with Gasteiger partial charge >= 0.3 is 0 Å². The van der Waals surface area contributed by atoms with Crippen molar-refractivity contribution in [2.45, 2.75) is 25.8 Å². The molecule has 4 nitrogen and oxygen atoms in total. The average Bonchev–Trinajstić information content (AvgIpc) is 2.83. The van der Waals surface area contributed by atoms with Crippen molar-refractivity contribution in [2.24, 2.45) is 0 Å². The molecule has 4 heteroatoms. The molecule has 0 aromatic rings. The van der Waals surface area contributed by atoms with Gasteiger partial charge in [0.15, 0.2) is 0 Å². The second kappa shape index (κ2) is 7.31. The van der Waals surface area contributed by atoms with Crippen molar-refractivity contribution in [3.63, 3.8) is 0 Å². The number of likely N-dealkylation sites (N-methyl/N-ethyl adjacent to an activating group) is 1. The molecule has 100 valence electrons. The first-order valence-corrected chi connectivity index (χ1v) is 7.15. The second-order valence-corrected chi connectivity index (χ2v) is 5.08. The fourth-order valence-electron chi connectivity index (χ4n) is 2.87. The van der Waals surface area contributed by atoms with E-state index in [4.69, 9.17) is 4.74 Å². The molecular formula is C13H27N3O. The zero-order valence-electron chi connectivity index (χ0n) is 11.2. The first-order valence-electron chi connectivity index (χ1n) is 7.15. The summed E-state index contributed by atoms with van der Waals surface area (Å²) in [5.74, 6) is 0. The van der Waals surface area contributed by atoms with Crippen LogP contribution in [0.15, 0.2) is 0 Å². The predicted molar refractivity (Wildman–Crippen MR) is 70.4 cm³/mol. The Kier molecular flexibility index (Phi) is 5.71. The van der Waals surface area contributed by atoms with Gasteiger partial charge in [-0.1, -0.05) is 6.92 Å². The Labute approximate surface area is 105 Å². The van der Waals surface area contributed by atoms with E-state index in [0.29, 0.717) is 0 Å². The van der Waals surface area contributed by atoms with E-state index >= 15 is 0 Å². The molecule has 2 fully saturated rings. The van der Waals surface area contributed by atoms with Gasteiger partial charge in [0.05, 0.1) is 13.2 Å². The Hall–Kier alpha value is -0.160. The standard InChI is InChI=1S/C13H27N3O/c1-2-16-6-3-4-13(16)12-14-5-7-15-8-10-17-11-9-15/h13-14H,2-12H2,1H3. The van der Waals surface area contributed by atoms with Crippen molar-refractivity contribution in [3.05, 3.63) is 0 Å². The van der Waals surface area contributed by atoms with Crippen molar-refractivity contribution in [1.82, 2.24) is 15.1 Å². The molecule has 1 unspecified atom stereocenters. The van der Waals surface area contributed by atoms with Crippen LogP contribution in [-0.2, 0) is 4.74 Å². The van der Waals surface area contributed by atoms with Crippen molar-refractivity contribution in [2.75, 3.05) is 59.0 Å². The van der Waals surface area contributed by atoms with Crippen molar-refractivity contribution in [1.29, 1.82) is 0 Å². The lowest BCUT2D eigenvalue weighted by atomic mass is 10.2. The summed E-state index contributed by atoms with van der Waals surface area (Å²) in [6.45, 7) is 12.2. The van der Waals surface area contributed by atoms with Crippen LogP contribution >= 0.6 is 0 Å². The first-order chi connectivity index (χ1) is 8.40. The van der Waals surface area contributed by atoms with Gasteiger partial charge in [0.2, 0.25) is 0 Å². The summed E-state index contributed by atoms with van der Waals surface area (Å²) in [5, 5.41) is 3.61. The number of hydrogen-bond donors (Lipinski definition) is 1. The highest BCUT2D eigenvalue weighted by Crippen LogP contribution is 2.15. The molecule has 0 saturated carbocycles. The van der Waals surface area contributed by atoms with E-state index in [-0.39, 0.29) is 0 Å². The molecule has 2 rings (SSSR count). The molecule has 0 bridgehead atoms. The Morgan fingerprint density at radius 3 is 2.82 bits per heavy atom. The van der Waals surface area contributed by atoms with Crippen molar-refractivity contribution < 1.29 is 4.74 Å². The molecule has 1 atom stereocenters. The molecule has 2 aliphatic heterocycles. The third-order valence-electron chi connectivity index (χ3n) is 3.99. The van der Waals surface area contributed by atoms with Gasteiger partial charge in [0.25, 0.3) is 0 Å². The zero-order valence-corrected chi connectivity index (χ0v) is 11.2. The summed E-state index contributed by atoms with van der Waals surface area (Å²) in [7, 11) is 0. The summed E-state index contributed by atoms with van der Waals surface area (Å²) in [6.07, 6.45) is 2.75. The second-order valence-electron chi connectivity index (χ2n) is 5.08. The summed E-state index contributed by atoms with van der Waals surface area (Å²) in [4.78, 5) is 5.09. The van der Waals surface area contributed by atoms with Crippen LogP contribution < -0.4 is 5.32 Å². The Balaban J connectivity index is 1.53. The van der Waals surface area contributed by atoms with Gasteiger partial charge in [-0.05, 0) is 25.9 Å². The quantitative estimate of drug-likeness (QED) is 0.681. The van der Waals surface area contributed by atoms with Crippen LogP contribution in [-0.4, -0.2) is 74.9 Å². The van der Waals surface area contributed by atoms with Crippen LogP contribution in [0.5, 0.6) is 0 Å². The van der Waals surface area contributed by atoms with E-state index in [1.54, 1.807) is 0 Å². The average molecular weight is 241 g/mol. The van der Waals surface area contributed by atoms with Crippen LogP contribution in [0, 0.1) is 0 Å². The third-order valence-corrected chi connectivity index (χ3v) is 3.99. The Bertz CT molecular complexity index is 207. The minimum Gasteiger partial charge on any atom is -0.379 e. The van der Waals surface area contributed by atoms with Gasteiger partial charge in [0, 0.05) is 38.8 Å². The molecule has 0 aromatic carbocycles. The number of morpholine rings is 1. The van der Waals surface area contributed by atoms with Gasteiger partial charge in [-0.3, -0.25) is 9.80 Å². The van der Waals surface area contributed by atoms with E-state index in [0.717, 1.165) is 45.4 Å². The molecule has 2 heterocycles.